The monoisotopic (exact) mass is 299 g/mol. The molecule has 0 aromatic rings. The Kier molecular flexibility index (Phi) is 6.95. The minimum Gasteiger partial charge on any atom is -0.481 e. The van der Waals surface area contributed by atoms with Crippen molar-refractivity contribution in [1.82, 2.24) is 14.7 Å². The Hall–Kier alpha value is -1.30. The van der Waals surface area contributed by atoms with E-state index in [2.05, 4.69) is 18.7 Å². The van der Waals surface area contributed by atoms with Gasteiger partial charge in [0.05, 0.1) is 6.42 Å². The number of nitrogens with zero attached hydrogens (tertiary/aromatic N) is 3. The van der Waals surface area contributed by atoms with Crippen molar-refractivity contribution in [3.63, 3.8) is 0 Å². The molecule has 1 aliphatic heterocycles. The quantitative estimate of drug-likeness (QED) is 0.808. The van der Waals surface area contributed by atoms with Crippen LogP contribution in [0.5, 0.6) is 0 Å². The van der Waals surface area contributed by atoms with Gasteiger partial charge in [0.15, 0.2) is 0 Å². The van der Waals surface area contributed by atoms with Crippen LogP contribution >= 0.6 is 0 Å². The third-order valence-corrected chi connectivity index (χ3v) is 3.70. The lowest BCUT2D eigenvalue weighted by atomic mass is 10.2. The van der Waals surface area contributed by atoms with Crippen molar-refractivity contribution < 1.29 is 14.7 Å². The molecule has 2 amide bonds. The van der Waals surface area contributed by atoms with Crippen LogP contribution in [0.1, 0.15) is 34.1 Å². The molecule has 0 aliphatic carbocycles. The summed E-state index contributed by atoms with van der Waals surface area (Å²) in [5.41, 5.74) is 0. The lowest BCUT2D eigenvalue weighted by Gasteiger charge is -2.39. The van der Waals surface area contributed by atoms with Crippen molar-refractivity contribution in [2.75, 3.05) is 39.3 Å². The second-order valence-corrected chi connectivity index (χ2v) is 6.39. The smallest absolute Gasteiger partial charge is 0.320 e. The molecule has 6 heteroatoms. The topological polar surface area (TPSA) is 64.1 Å². The number of rotatable bonds is 6. The number of hydrogen-bond acceptors (Lipinski definition) is 3. The summed E-state index contributed by atoms with van der Waals surface area (Å²) in [6, 6.07) is -0.0130. The molecule has 1 N–H and O–H groups in total. The van der Waals surface area contributed by atoms with Crippen molar-refractivity contribution in [3.05, 3.63) is 0 Å². The van der Waals surface area contributed by atoms with E-state index in [1.807, 2.05) is 18.7 Å². The van der Waals surface area contributed by atoms with E-state index in [1.54, 1.807) is 4.90 Å². The lowest BCUT2D eigenvalue weighted by Crippen LogP contribution is -2.54. The molecule has 0 aromatic carbocycles. The summed E-state index contributed by atoms with van der Waals surface area (Å²) in [7, 11) is 0. The Morgan fingerprint density at radius 3 is 2.10 bits per heavy atom. The van der Waals surface area contributed by atoms with Crippen molar-refractivity contribution in [2.24, 2.45) is 5.92 Å². The first-order valence-corrected chi connectivity index (χ1v) is 7.81. The molecule has 1 heterocycles. The summed E-state index contributed by atoms with van der Waals surface area (Å²) >= 11 is 0. The van der Waals surface area contributed by atoms with Gasteiger partial charge in [-0.3, -0.25) is 9.69 Å². The van der Waals surface area contributed by atoms with E-state index in [4.69, 9.17) is 5.11 Å². The van der Waals surface area contributed by atoms with Crippen LogP contribution in [-0.4, -0.2) is 77.1 Å². The van der Waals surface area contributed by atoms with Crippen LogP contribution in [0.3, 0.4) is 0 Å². The fourth-order valence-electron chi connectivity index (χ4n) is 2.61. The Bertz CT molecular complexity index is 350. The van der Waals surface area contributed by atoms with Crippen LogP contribution in [0.25, 0.3) is 0 Å². The Labute approximate surface area is 127 Å². The summed E-state index contributed by atoms with van der Waals surface area (Å²) in [6.07, 6.45) is -0.00274. The summed E-state index contributed by atoms with van der Waals surface area (Å²) in [5, 5.41) is 8.80. The maximum Gasteiger partial charge on any atom is 0.320 e. The van der Waals surface area contributed by atoms with Crippen molar-refractivity contribution >= 4 is 12.0 Å². The second-order valence-electron chi connectivity index (χ2n) is 6.39. The number of carboxylic acid groups (broad SMARTS) is 1. The highest BCUT2D eigenvalue weighted by atomic mass is 16.4. The minimum absolute atomic E-state index is 0.00274. The molecule has 6 nitrogen and oxygen atoms in total. The van der Waals surface area contributed by atoms with Gasteiger partial charge in [-0.2, -0.15) is 0 Å². The zero-order valence-electron chi connectivity index (χ0n) is 13.7. The number of piperazine rings is 1. The van der Waals surface area contributed by atoms with Crippen molar-refractivity contribution in [3.8, 4) is 0 Å². The van der Waals surface area contributed by atoms with Crippen molar-refractivity contribution in [1.29, 1.82) is 0 Å². The lowest BCUT2D eigenvalue weighted by molar-refractivity contribution is -0.137. The standard InChI is InChI=1S/C15H29N3O3/c1-12(2)11-16-7-9-17(10-8-16)15(21)18(13(3)4)6-5-14(19)20/h12-13H,5-11H2,1-4H3,(H,19,20). The van der Waals surface area contributed by atoms with Crippen LogP contribution in [-0.2, 0) is 4.79 Å². The van der Waals surface area contributed by atoms with Gasteiger partial charge in [0.25, 0.3) is 0 Å². The van der Waals surface area contributed by atoms with E-state index in [9.17, 15) is 9.59 Å². The Balaban J connectivity index is 2.51. The second kappa shape index (κ2) is 8.22. The Morgan fingerprint density at radius 2 is 1.67 bits per heavy atom. The van der Waals surface area contributed by atoms with Gasteiger partial charge in [0.1, 0.15) is 0 Å². The highest BCUT2D eigenvalue weighted by Gasteiger charge is 2.27. The maximum absolute atomic E-state index is 12.5. The molecular weight excluding hydrogens is 270 g/mol. The summed E-state index contributed by atoms with van der Waals surface area (Å²) < 4.78 is 0. The van der Waals surface area contributed by atoms with E-state index in [0.29, 0.717) is 5.92 Å². The average molecular weight is 299 g/mol. The van der Waals surface area contributed by atoms with Gasteiger partial charge >= 0.3 is 12.0 Å². The number of aliphatic carboxylic acids is 1. The zero-order valence-corrected chi connectivity index (χ0v) is 13.7. The summed E-state index contributed by atoms with van der Waals surface area (Å²) in [6.45, 7) is 12.8. The number of carbonyl (C=O) groups excluding carboxylic acids is 1. The molecule has 0 radical (unpaired) electrons. The predicted molar refractivity (Wildman–Crippen MR) is 82.3 cm³/mol. The minimum atomic E-state index is -0.866. The molecule has 0 unspecified atom stereocenters. The molecular formula is C15H29N3O3. The highest BCUT2D eigenvalue weighted by molar-refractivity contribution is 5.76. The van der Waals surface area contributed by atoms with E-state index in [1.165, 1.54) is 0 Å². The number of hydrogen-bond donors (Lipinski definition) is 1. The van der Waals surface area contributed by atoms with E-state index < -0.39 is 5.97 Å². The molecule has 1 fully saturated rings. The molecule has 1 rings (SSSR count). The number of amides is 2. The molecule has 21 heavy (non-hydrogen) atoms. The zero-order chi connectivity index (χ0) is 16.0. The largest absolute Gasteiger partial charge is 0.481 e. The fourth-order valence-corrected chi connectivity index (χ4v) is 2.61. The highest BCUT2D eigenvalue weighted by Crippen LogP contribution is 2.10. The molecule has 0 bridgehead atoms. The van der Waals surface area contributed by atoms with Gasteiger partial charge in [-0.1, -0.05) is 13.8 Å². The molecule has 1 saturated heterocycles. The molecule has 122 valence electrons. The van der Waals surface area contributed by atoms with Gasteiger partial charge in [0, 0.05) is 45.3 Å². The molecule has 1 aliphatic rings. The third-order valence-electron chi connectivity index (χ3n) is 3.70. The van der Waals surface area contributed by atoms with E-state index in [-0.39, 0.29) is 25.0 Å². The van der Waals surface area contributed by atoms with Crippen LogP contribution in [0.15, 0.2) is 0 Å². The van der Waals surface area contributed by atoms with Crippen LogP contribution in [0.4, 0.5) is 4.79 Å². The van der Waals surface area contributed by atoms with Crippen LogP contribution < -0.4 is 0 Å². The fraction of sp³-hybridized carbons (Fsp3) is 0.867. The molecule has 0 aromatic heterocycles. The predicted octanol–water partition coefficient (Wildman–Crippen LogP) is 1.57. The SMILES string of the molecule is CC(C)CN1CCN(C(=O)N(CCC(=O)O)C(C)C)CC1. The first kappa shape index (κ1) is 17.8. The van der Waals surface area contributed by atoms with E-state index in [0.717, 1.165) is 32.7 Å². The van der Waals surface area contributed by atoms with Gasteiger partial charge < -0.3 is 14.9 Å². The Morgan fingerprint density at radius 1 is 1.10 bits per heavy atom. The number of carboxylic acids is 1. The molecule has 0 spiro atoms. The summed E-state index contributed by atoms with van der Waals surface area (Å²) in [5.74, 6) is -0.231. The van der Waals surface area contributed by atoms with Crippen LogP contribution in [0.2, 0.25) is 0 Å². The number of urea groups is 1. The summed E-state index contributed by atoms with van der Waals surface area (Å²) in [4.78, 5) is 29.1. The first-order valence-electron chi connectivity index (χ1n) is 7.81. The van der Waals surface area contributed by atoms with Crippen molar-refractivity contribution in [2.45, 2.75) is 40.2 Å². The molecule has 0 saturated carbocycles. The van der Waals surface area contributed by atoms with Gasteiger partial charge in [0.2, 0.25) is 0 Å². The maximum atomic E-state index is 12.5. The van der Waals surface area contributed by atoms with Gasteiger partial charge in [-0.15, -0.1) is 0 Å². The third kappa shape index (κ3) is 5.91. The normalized spacial score (nSPS) is 16.6. The first-order chi connectivity index (χ1) is 9.81. The van der Waals surface area contributed by atoms with Gasteiger partial charge in [-0.25, -0.2) is 4.79 Å². The van der Waals surface area contributed by atoms with Crippen LogP contribution in [0, 0.1) is 5.92 Å². The average Bonchev–Trinajstić information content (AvgIpc) is 2.38. The van der Waals surface area contributed by atoms with E-state index >= 15 is 0 Å². The number of carbonyl (C=O) groups is 2. The van der Waals surface area contributed by atoms with Gasteiger partial charge in [-0.05, 0) is 19.8 Å². The molecule has 0 atom stereocenters.